The van der Waals surface area contributed by atoms with E-state index in [1.54, 1.807) is 12.1 Å². The summed E-state index contributed by atoms with van der Waals surface area (Å²) in [4.78, 5) is 2.44. The van der Waals surface area contributed by atoms with Crippen molar-refractivity contribution in [3.63, 3.8) is 0 Å². The molecular weight excluding hydrogens is 275 g/mol. The lowest BCUT2D eigenvalue weighted by Crippen LogP contribution is -2.45. The van der Waals surface area contributed by atoms with Gasteiger partial charge < -0.3 is 5.32 Å². The van der Waals surface area contributed by atoms with Gasteiger partial charge in [0.1, 0.15) is 5.82 Å². The van der Waals surface area contributed by atoms with Crippen molar-refractivity contribution in [1.29, 1.82) is 0 Å². The van der Waals surface area contributed by atoms with Crippen molar-refractivity contribution in [3.05, 3.63) is 71.0 Å². The van der Waals surface area contributed by atoms with Crippen LogP contribution in [0.1, 0.15) is 29.7 Å². The number of hydrogen-bond acceptors (Lipinski definition) is 2. The molecule has 3 rings (SSSR count). The van der Waals surface area contributed by atoms with Gasteiger partial charge in [-0.15, -0.1) is 0 Å². The molecule has 1 fully saturated rings. The first-order valence-electron chi connectivity index (χ1n) is 8.07. The van der Waals surface area contributed by atoms with E-state index < -0.39 is 0 Å². The van der Waals surface area contributed by atoms with Crippen LogP contribution in [0.2, 0.25) is 0 Å². The Balaban J connectivity index is 1.97. The molecule has 2 aromatic rings. The van der Waals surface area contributed by atoms with Crippen molar-refractivity contribution in [2.45, 2.75) is 19.4 Å². The third-order valence-electron chi connectivity index (χ3n) is 4.38. The Morgan fingerprint density at radius 2 is 1.77 bits per heavy atom. The molecule has 0 radical (unpaired) electrons. The number of rotatable bonds is 4. The van der Waals surface area contributed by atoms with E-state index in [0.717, 1.165) is 38.2 Å². The van der Waals surface area contributed by atoms with Crippen molar-refractivity contribution in [2.24, 2.45) is 0 Å². The molecule has 1 saturated heterocycles. The monoisotopic (exact) mass is 298 g/mol. The highest BCUT2D eigenvalue weighted by atomic mass is 19.1. The molecule has 1 aliphatic rings. The third-order valence-corrected chi connectivity index (χ3v) is 4.38. The van der Waals surface area contributed by atoms with Gasteiger partial charge in [0, 0.05) is 26.2 Å². The Labute approximate surface area is 132 Å². The van der Waals surface area contributed by atoms with Crippen LogP contribution in [0.3, 0.4) is 0 Å². The lowest BCUT2D eigenvalue weighted by molar-refractivity contribution is 0.198. The van der Waals surface area contributed by atoms with E-state index in [2.05, 4.69) is 41.4 Å². The van der Waals surface area contributed by atoms with E-state index in [1.807, 2.05) is 6.07 Å². The molecule has 0 saturated carbocycles. The minimum absolute atomic E-state index is 0.128. The Bertz CT molecular complexity index is 603. The van der Waals surface area contributed by atoms with Crippen LogP contribution in [-0.2, 0) is 6.42 Å². The van der Waals surface area contributed by atoms with Gasteiger partial charge in [-0.3, -0.25) is 4.90 Å². The molecule has 3 heteroatoms. The molecule has 22 heavy (non-hydrogen) atoms. The van der Waals surface area contributed by atoms with Crippen molar-refractivity contribution in [1.82, 2.24) is 10.2 Å². The molecule has 0 aliphatic carbocycles. The van der Waals surface area contributed by atoms with E-state index in [-0.39, 0.29) is 11.9 Å². The lowest BCUT2D eigenvalue weighted by atomic mass is 9.95. The number of piperazine rings is 1. The molecule has 0 aromatic heterocycles. The molecule has 0 amide bonds. The van der Waals surface area contributed by atoms with Gasteiger partial charge in [0.15, 0.2) is 0 Å². The van der Waals surface area contributed by atoms with Crippen LogP contribution in [0, 0.1) is 5.82 Å². The summed E-state index contributed by atoms with van der Waals surface area (Å²) in [7, 11) is 0. The average molecular weight is 298 g/mol. The molecule has 1 heterocycles. The van der Waals surface area contributed by atoms with Gasteiger partial charge >= 0.3 is 0 Å². The zero-order valence-electron chi connectivity index (χ0n) is 13.1. The highest BCUT2D eigenvalue weighted by Gasteiger charge is 2.24. The fraction of sp³-hybridized carbons (Fsp3) is 0.368. The summed E-state index contributed by atoms with van der Waals surface area (Å²) in [6.07, 6.45) is 1.04. The second kappa shape index (κ2) is 7.03. The zero-order chi connectivity index (χ0) is 15.4. The maximum atomic E-state index is 13.7. The van der Waals surface area contributed by atoms with Crippen LogP contribution in [0.15, 0.2) is 48.5 Å². The van der Waals surface area contributed by atoms with Gasteiger partial charge in [0.05, 0.1) is 6.04 Å². The first-order chi connectivity index (χ1) is 10.8. The smallest absolute Gasteiger partial charge is 0.123 e. The summed E-state index contributed by atoms with van der Waals surface area (Å²) in [5.41, 5.74) is 3.61. The predicted octanol–water partition coefficient (Wildman–Crippen LogP) is 3.38. The summed E-state index contributed by atoms with van der Waals surface area (Å²) < 4.78 is 13.7. The Hall–Kier alpha value is -1.71. The van der Waals surface area contributed by atoms with Crippen molar-refractivity contribution in [2.75, 3.05) is 26.2 Å². The first kappa shape index (κ1) is 15.2. The van der Waals surface area contributed by atoms with Crippen molar-refractivity contribution < 1.29 is 4.39 Å². The molecule has 1 N–H and O–H groups in total. The number of hydrogen-bond donors (Lipinski definition) is 1. The Morgan fingerprint density at radius 3 is 2.41 bits per heavy atom. The molecule has 1 atom stereocenters. The average Bonchev–Trinajstić information content (AvgIpc) is 2.57. The summed E-state index contributed by atoms with van der Waals surface area (Å²) >= 11 is 0. The van der Waals surface area contributed by atoms with E-state index in [9.17, 15) is 4.39 Å². The summed E-state index contributed by atoms with van der Waals surface area (Å²) in [5, 5.41) is 3.39. The second-order valence-corrected chi connectivity index (χ2v) is 5.84. The molecule has 1 aliphatic heterocycles. The fourth-order valence-corrected chi connectivity index (χ4v) is 3.17. The van der Waals surface area contributed by atoms with Crippen molar-refractivity contribution in [3.8, 4) is 0 Å². The van der Waals surface area contributed by atoms with Gasteiger partial charge in [-0.2, -0.15) is 0 Å². The van der Waals surface area contributed by atoms with Gasteiger partial charge in [-0.05, 0) is 35.2 Å². The largest absolute Gasteiger partial charge is 0.314 e. The standard InChI is InChI=1S/C19H23FN2/c1-2-15-6-8-16(9-7-15)19(22-12-10-21-11-13-22)17-4-3-5-18(20)14-17/h3-9,14,19,21H,2,10-13H2,1H3. The number of aryl methyl sites for hydroxylation is 1. The van der Waals surface area contributed by atoms with Gasteiger partial charge in [-0.1, -0.05) is 43.3 Å². The fourth-order valence-electron chi connectivity index (χ4n) is 3.17. The normalized spacial score (nSPS) is 17.4. The first-order valence-corrected chi connectivity index (χ1v) is 8.07. The SMILES string of the molecule is CCc1ccc(C(c2cccc(F)c2)N2CCNCC2)cc1. The molecule has 1 unspecified atom stereocenters. The van der Waals surface area contributed by atoms with E-state index in [4.69, 9.17) is 0 Å². The van der Waals surface area contributed by atoms with Gasteiger partial charge in [-0.25, -0.2) is 4.39 Å². The number of nitrogens with zero attached hydrogens (tertiary/aromatic N) is 1. The topological polar surface area (TPSA) is 15.3 Å². The van der Waals surface area contributed by atoms with Gasteiger partial charge in [0.25, 0.3) is 0 Å². The Kier molecular flexibility index (Phi) is 4.86. The summed E-state index contributed by atoms with van der Waals surface area (Å²) in [6.45, 7) is 6.10. The van der Waals surface area contributed by atoms with Crippen LogP contribution < -0.4 is 5.32 Å². The van der Waals surface area contributed by atoms with Crippen LogP contribution in [-0.4, -0.2) is 31.1 Å². The van der Waals surface area contributed by atoms with Crippen LogP contribution >= 0.6 is 0 Å². The number of benzene rings is 2. The second-order valence-electron chi connectivity index (χ2n) is 5.84. The molecule has 0 spiro atoms. The van der Waals surface area contributed by atoms with Crippen molar-refractivity contribution >= 4 is 0 Å². The molecule has 2 aromatic carbocycles. The Morgan fingerprint density at radius 1 is 1.05 bits per heavy atom. The van der Waals surface area contributed by atoms with E-state index in [1.165, 1.54) is 17.2 Å². The highest BCUT2D eigenvalue weighted by molar-refractivity contribution is 5.34. The third kappa shape index (κ3) is 3.37. The molecular formula is C19H23FN2. The minimum atomic E-state index is -0.164. The summed E-state index contributed by atoms with van der Waals surface area (Å²) in [6, 6.07) is 15.9. The highest BCUT2D eigenvalue weighted by Crippen LogP contribution is 2.29. The van der Waals surface area contributed by atoms with Crippen LogP contribution in [0.25, 0.3) is 0 Å². The predicted molar refractivity (Wildman–Crippen MR) is 88.5 cm³/mol. The maximum Gasteiger partial charge on any atom is 0.123 e. The van der Waals surface area contributed by atoms with E-state index in [0.29, 0.717) is 0 Å². The quantitative estimate of drug-likeness (QED) is 0.931. The van der Waals surface area contributed by atoms with Gasteiger partial charge in [0.2, 0.25) is 0 Å². The van der Waals surface area contributed by atoms with Crippen LogP contribution in [0.4, 0.5) is 4.39 Å². The zero-order valence-corrected chi connectivity index (χ0v) is 13.1. The van der Waals surface area contributed by atoms with Crippen LogP contribution in [0.5, 0.6) is 0 Å². The summed E-state index contributed by atoms with van der Waals surface area (Å²) in [5.74, 6) is -0.164. The molecule has 2 nitrogen and oxygen atoms in total. The molecule has 116 valence electrons. The lowest BCUT2D eigenvalue weighted by Gasteiger charge is -2.35. The molecule has 0 bridgehead atoms. The number of halogens is 1. The maximum absolute atomic E-state index is 13.7. The van der Waals surface area contributed by atoms with E-state index >= 15 is 0 Å². The minimum Gasteiger partial charge on any atom is -0.314 e. The number of nitrogens with one attached hydrogen (secondary N) is 1.